The first kappa shape index (κ1) is 21.9. The van der Waals surface area contributed by atoms with Crippen molar-refractivity contribution in [2.45, 2.75) is 20.1 Å². The number of halogens is 2. The molecule has 0 spiro atoms. The number of hydrogen-bond donors (Lipinski definition) is 2. The monoisotopic (exact) mass is 490 g/mol. The maximum absolute atomic E-state index is 12.6. The van der Waals surface area contributed by atoms with Crippen molar-refractivity contribution in [1.29, 1.82) is 0 Å². The number of nitrogens with zero attached hydrogens (tertiary/aromatic N) is 2. The molecule has 2 aromatic carbocycles. The maximum atomic E-state index is 12.6. The summed E-state index contributed by atoms with van der Waals surface area (Å²) < 4.78 is 8.20. The first-order chi connectivity index (χ1) is 14.4. The first-order valence-corrected chi connectivity index (χ1v) is 10.4. The summed E-state index contributed by atoms with van der Waals surface area (Å²) in [7, 11) is 1.52. The Bertz CT molecular complexity index is 1070. The molecule has 0 aliphatic rings. The Hall–Kier alpha value is -2.84. The molecule has 0 fully saturated rings. The Labute approximate surface area is 187 Å². The summed E-state index contributed by atoms with van der Waals surface area (Å²) in [6.45, 7) is 2.79. The van der Waals surface area contributed by atoms with Gasteiger partial charge in [-0.15, -0.1) is 0 Å². The van der Waals surface area contributed by atoms with Crippen LogP contribution in [0.2, 0.25) is 5.02 Å². The molecule has 0 bridgehead atoms. The lowest BCUT2D eigenvalue weighted by molar-refractivity contribution is 0.0958. The number of hydrogen-bond acceptors (Lipinski definition) is 4. The van der Waals surface area contributed by atoms with E-state index in [0.717, 1.165) is 10.0 Å². The van der Waals surface area contributed by atoms with Crippen molar-refractivity contribution in [2.75, 3.05) is 12.4 Å². The normalized spacial score (nSPS) is 10.5. The van der Waals surface area contributed by atoms with Crippen molar-refractivity contribution in [3.8, 4) is 5.75 Å². The topological polar surface area (TPSA) is 85.2 Å². The molecule has 2 amide bonds. The van der Waals surface area contributed by atoms with Gasteiger partial charge in [0.15, 0.2) is 5.69 Å². The SMILES string of the molecule is CCn1cc(NC(=O)c2ccc(COc3ccc(Br)cc3Cl)cc2)c(C(=O)NC)n1. The van der Waals surface area contributed by atoms with Crippen LogP contribution in [0.15, 0.2) is 53.1 Å². The number of nitrogens with one attached hydrogen (secondary N) is 2. The summed E-state index contributed by atoms with van der Waals surface area (Å²) in [5, 5.41) is 9.97. The van der Waals surface area contributed by atoms with Gasteiger partial charge in [-0.1, -0.05) is 39.7 Å². The standard InChI is InChI=1S/C21H20BrClN4O3/c1-3-27-11-17(19(26-27)21(29)24-2)25-20(28)14-6-4-13(5-7-14)12-30-18-9-8-15(22)10-16(18)23/h4-11H,3,12H2,1-2H3,(H,24,29)(H,25,28). The predicted octanol–water partition coefficient (Wildman–Crippen LogP) is 4.51. The number of amides is 2. The zero-order valence-corrected chi connectivity index (χ0v) is 18.8. The lowest BCUT2D eigenvalue weighted by Crippen LogP contribution is -2.21. The van der Waals surface area contributed by atoms with E-state index >= 15 is 0 Å². The Morgan fingerprint density at radius 1 is 1.17 bits per heavy atom. The van der Waals surface area contributed by atoms with Gasteiger partial charge in [0.05, 0.1) is 10.7 Å². The molecule has 3 rings (SSSR count). The average molecular weight is 492 g/mol. The Kier molecular flexibility index (Phi) is 7.12. The third-order valence-corrected chi connectivity index (χ3v) is 5.07. The van der Waals surface area contributed by atoms with Crippen LogP contribution < -0.4 is 15.4 Å². The summed E-state index contributed by atoms with van der Waals surface area (Å²) in [5.41, 5.74) is 1.87. The van der Waals surface area contributed by atoms with Gasteiger partial charge in [0.1, 0.15) is 12.4 Å². The van der Waals surface area contributed by atoms with Crippen molar-refractivity contribution >= 4 is 45.0 Å². The molecule has 1 aromatic heterocycles. The number of anilines is 1. The fourth-order valence-electron chi connectivity index (χ4n) is 2.66. The highest BCUT2D eigenvalue weighted by atomic mass is 79.9. The Balaban J connectivity index is 1.67. The molecule has 2 N–H and O–H groups in total. The van der Waals surface area contributed by atoms with Crippen LogP contribution in [-0.4, -0.2) is 28.6 Å². The molecular formula is C21H20BrClN4O3. The van der Waals surface area contributed by atoms with Crippen molar-refractivity contribution in [2.24, 2.45) is 0 Å². The molecular weight excluding hydrogens is 472 g/mol. The highest BCUT2D eigenvalue weighted by Crippen LogP contribution is 2.28. The second-order valence-electron chi connectivity index (χ2n) is 6.34. The summed E-state index contributed by atoms with van der Waals surface area (Å²) in [5.74, 6) is -0.118. The van der Waals surface area contributed by atoms with Crippen LogP contribution in [0.1, 0.15) is 33.3 Å². The number of benzene rings is 2. The molecule has 0 saturated heterocycles. The molecule has 0 saturated carbocycles. The smallest absolute Gasteiger partial charge is 0.273 e. The van der Waals surface area contributed by atoms with Gasteiger partial charge in [-0.05, 0) is 42.8 Å². The van der Waals surface area contributed by atoms with Crippen molar-refractivity contribution < 1.29 is 14.3 Å². The Morgan fingerprint density at radius 3 is 2.53 bits per heavy atom. The van der Waals surface area contributed by atoms with E-state index in [0.29, 0.717) is 35.2 Å². The fourth-order valence-corrected chi connectivity index (χ4v) is 3.39. The minimum absolute atomic E-state index is 0.170. The van der Waals surface area contributed by atoms with Gasteiger partial charge in [-0.2, -0.15) is 5.10 Å². The lowest BCUT2D eigenvalue weighted by Gasteiger charge is -2.09. The van der Waals surface area contributed by atoms with Crippen LogP contribution in [-0.2, 0) is 13.2 Å². The van der Waals surface area contributed by atoms with Crippen LogP contribution in [0.25, 0.3) is 0 Å². The molecule has 1 heterocycles. The summed E-state index contributed by atoms with van der Waals surface area (Å²) in [6, 6.07) is 12.4. The number of carbonyl (C=O) groups excluding carboxylic acids is 2. The van der Waals surface area contributed by atoms with Crippen LogP contribution in [0, 0.1) is 0 Å². The molecule has 156 valence electrons. The maximum Gasteiger partial charge on any atom is 0.273 e. The molecule has 0 aliphatic heterocycles. The van der Waals surface area contributed by atoms with Gasteiger partial charge in [-0.25, -0.2) is 0 Å². The van der Waals surface area contributed by atoms with Gasteiger partial charge >= 0.3 is 0 Å². The van der Waals surface area contributed by atoms with Crippen LogP contribution in [0.3, 0.4) is 0 Å². The zero-order valence-electron chi connectivity index (χ0n) is 16.4. The predicted molar refractivity (Wildman–Crippen MR) is 119 cm³/mol. The summed E-state index contributed by atoms with van der Waals surface area (Å²) >= 11 is 9.51. The second-order valence-corrected chi connectivity index (χ2v) is 7.66. The minimum Gasteiger partial charge on any atom is -0.487 e. The van der Waals surface area contributed by atoms with E-state index in [1.165, 1.54) is 7.05 Å². The van der Waals surface area contributed by atoms with Crippen LogP contribution in [0.5, 0.6) is 5.75 Å². The van der Waals surface area contributed by atoms with E-state index in [1.54, 1.807) is 47.3 Å². The van der Waals surface area contributed by atoms with Crippen LogP contribution >= 0.6 is 27.5 Å². The van der Waals surface area contributed by atoms with Gasteiger partial charge < -0.3 is 15.4 Å². The summed E-state index contributed by atoms with van der Waals surface area (Å²) in [4.78, 5) is 24.6. The van der Waals surface area contributed by atoms with Gasteiger partial charge in [0.25, 0.3) is 11.8 Å². The van der Waals surface area contributed by atoms with Crippen LogP contribution in [0.4, 0.5) is 5.69 Å². The zero-order chi connectivity index (χ0) is 21.7. The van der Waals surface area contributed by atoms with Crippen molar-refractivity contribution in [1.82, 2.24) is 15.1 Å². The lowest BCUT2D eigenvalue weighted by atomic mass is 10.1. The fraction of sp³-hybridized carbons (Fsp3) is 0.190. The number of rotatable bonds is 7. The molecule has 7 nitrogen and oxygen atoms in total. The van der Waals surface area contributed by atoms with E-state index in [1.807, 2.05) is 13.0 Å². The summed E-state index contributed by atoms with van der Waals surface area (Å²) in [6.07, 6.45) is 1.63. The number of carbonyl (C=O) groups is 2. The molecule has 0 atom stereocenters. The van der Waals surface area contributed by atoms with Gasteiger partial charge in [-0.3, -0.25) is 14.3 Å². The van der Waals surface area contributed by atoms with Crippen molar-refractivity contribution in [3.63, 3.8) is 0 Å². The third kappa shape index (κ3) is 5.20. The largest absolute Gasteiger partial charge is 0.487 e. The average Bonchev–Trinajstić information content (AvgIpc) is 3.15. The molecule has 0 aliphatic carbocycles. The van der Waals surface area contributed by atoms with E-state index in [4.69, 9.17) is 16.3 Å². The van der Waals surface area contributed by atoms with Crippen molar-refractivity contribution in [3.05, 3.63) is 75.0 Å². The number of aromatic nitrogens is 2. The number of aryl methyl sites for hydroxylation is 1. The quantitative estimate of drug-likeness (QED) is 0.509. The highest BCUT2D eigenvalue weighted by Gasteiger charge is 2.18. The Morgan fingerprint density at radius 2 is 1.90 bits per heavy atom. The molecule has 30 heavy (non-hydrogen) atoms. The molecule has 0 unspecified atom stereocenters. The molecule has 9 heteroatoms. The van der Waals surface area contributed by atoms with E-state index < -0.39 is 0 Å². The molecule has 0 radical (unpaired) electrons. The molecule has 3 aromatic rings. The van der Waals surface area contributed by atoms with E-state index in [9.17, 15) is 9.59 Å². The third-order valence-electron chi connectivity index (χ3n) is 4.28. The van der Waals surface area contributed by atoms with Gasteiger partial charge in [0, 0.05) is 29.8 Å². The first-order valence-electron chi connectivity index (χ1n) is 9.19. The minimum atomic E-state index is -0.364. The highest BCUT2D eigenvalue weighted by molar-refractivity contribution is 9.10. The van der Waals surface area contributed by atoms with E-state index in [-0.39, 0.29) is 17.5 Å². The van der Waals surface area contributed by atoms with E-state index in [2.05, 4.69) is 31.7 Å². The van der Waals surface area contributed by atoms with Gasteiger partial charge in [0.2, 0.25) is 0 Å². The number of ether oxygens (including phenoxy) is 1. The second kappa shape index (κ2) is 9.77.